The summed E-state index contributed by atoms with van der Waals surface area (Å²) >= 11 is 4.72. The van der Waals surface area contributed by atoms with Crippen molar-refractivity contribution in [2.75, 3.05) is 0 Å². The Labute approximate surface area is 65.7 Å². The molecule has 6 heavy (non-hydrogen) atoms. The van der Waals surface area contributed by atoms with E-state index in [0.717, 1.165) is 8.35 Å². The van der Waals surface area contributed by atoms with Crippen LogP contribution in [0, 0.1) is 0 Å². The van der Waals surface area contributed by atoms with Crippen LogP contribution in [0.25, 0.3) is 0 Å². The Morgan fingerprint density at radius 1 is 1.67 bits per heavy atom. The fraction of sp³-hybridized carbons (Fsp3) is 0.500. The lowest BCUT2D eigenvalue weighted by atomic mass is 10.5. The minimum atomic E-state index is 0.720. The Hall–Kier alpha value is 1.20. The molecule has 0 aliphatic carbocycles. The topological polar surface area (TPSA) is 0 Å². The highest BCUT2D eigenvalue weighted by molar-refractivity contribution is 14.2. The van der Waals surface area contributed by atoms with E-state index in [1.165, 1.54) is 0 Å². The molecule has 0 atom stereocenters. The van der Waals surface area contributed by atoms with Crippen LogP contribution in [0.3, 0.4) is 0 Å². The Balaban J connectivity index is 2.81. The summed E-state index contributed by atoms with van der Waals surface area (Å²) in [6.45, 7) is 3.59. The quantitative estimate of drug-likeness (QED) is 0.418. The first-order chi connectivity index (χ1) is 2.77. The molecule has 0 amide bonds. The summed E-state index contributed by atoms with van der Waals surface area (Å²) in [5, 5.41) is 0. The van der Waals surface area contributed by atoms with Gasteiger partial charge in [-0.3, -0.25) is 0 Å². The fourth-order valence-electron chi connectivity index (χ4n) is 0.126. The summed E-state index contributed by atoms with van der Waals surface area (Å²) in [7, 11) is 0. The molecule has 0 saturated heterocycles. The van der Waals surface area contributed by atoms with Crippen molar-refractivity contribution in [3.8, 4) is 0 Å². The van der Waals surface area contributed by atoms with Gasteiger partial charge in [0, 0.05) is 0 Å². The Kier molecular flexibility index (Phi) is 5.23. The molecule has 0 nitrogen and oxygen atoms in total. The summed E-state index contributed by atoms with van der Waals surface area (Å²) < 4.78 is 0.720. The van der Waals surface area contributed by atoms with E-state index in [4.69, 9.17) is 0 Å². The minimum absolute atomic E-state index is 0.720. The molecule has 0 radical (unpaired) electrons. The molecule has 0 aromatic carbocycles. The van der Waals surface area contributed by atoms with E-state index >= 15 is 0 Å². The van der Waals surface area contributed by atoms with Crippen LogP contribution < -0.4 is 0 Å². The van der Waals surface area contributed by atoms with Crippen LogP contribution in [0.4, 0.5) is 0 Å². The van der Waals surface area contributed by atoms with E-state index in [9.17, 15) is 0 Å². The highest BCUT2D eigenvalue weighted by atomic mass is 127. The second-order valence-electron chi connectivity index (χ2n) is 0.915. The van der Waals surface area contributed by atoms with Gasteiger partial charge in [-0.1, -0.05) is 51.3 Å². The van der Waals surface area contributed by atoms with Crippen LogP contribution in [0.5, 0.6) is 0 Å². The number of hydrogen-bond acceptors (Lipinski definition) is 0. The summed E-state index contributed by atoms with van der Waals surface area (Å²) in [4.78, 5) is 0. The second kappa shape index (κ2) is 4.36. The molecule has 0 N–H and O–H groups in total. The van der Waals surface area contributed by atoms with E-state index in [1.54, 1.807) is 0 Å². The maximum atomic E-state index is 3.59. The monoisotopic (exact) mass is 308 g/mol. The summed E-state index contributed by atoms with van der Waals surface area (Å²) in [6.07, 6.45) is 3.05. The van der Waals surface area contributed by atoms with Crippen molar-refractivity contribution in [3.05, 3.63) is 12.7 Å². The van der Waals surface area contributed by atoms with Gasteiger partial charge in [0.2, 0.25) is 0 Å². The average Bonchev–Trinajstić information content (AvgIpc) is 1.35. The van der Waals surface area contributed by atoms with Crippen LogP contribution in [-0.2, 0) is 0 Å². The lowest BCUT2D eigenvalue weighted by Gasteiger charge is -1.88. The van der Waals surface area contributed by atoms with E-state index < -0.39 is 0 Å². The highest BCUT2D eigenvalue weighted by Gasteiger charge is 1.87. The molecule has 0 fully saturated rings. The Morgan fingerprint density at radius 3 is 2.17 bits per heavy atom. The first-order valence-electron chi connectivity index (χ1n) is 1.66. The lowest BCUT2D eigenvalue weighted by Crippen LogP contribution is -1.75. The van der Waals surface area contributed by atoms with Gasteiger partial charge in [0.1, 0.15) is 0 Å². The molecular formula is C4H6I2. The zero-order valence-electron chi connectivity index (χ0n) is 3.32. The predicted octanol–water partition coefficient (Wildman–Crippen LogP) is 2.76. The number of allylic oxidation sites excluding steroid dienone is 1. The smallest absolute Gasteiger partial charge is 0.0660 e. The van der Waals surface area contributed by atoms with E-state index in [0.29, 0.717) is 0 Å². The summed E-state index contributed by atoms with van der Waals surface area (Å²) in [5.41, 5.74) is 0. The van der Waals surface area contributed by atoms with Gasteiger partial charge in [-0.2, -0.15) is 0 Å². The van der Waals surface area contributed by atoms with Crippen LogP contribution in [0.2, 0.25) is 0 Å². The van der Waals surface area contributed by atoms with E-state index in [-0.39, 0.29) is 0 Å². The molecule has 2 heteroatoms. The van der Waals surface area contributed by atoms with Crippen molar-refractivity contribution >= 4 is 45.2 Å². The van der Waals surface area contributed by atoms with Gasteiger partial charge in [0.05, 0.1) is 1.93 Å². The molecule has 0 aromatic rings. The Bertz CT molecular complexity index is 40.8. The molecule has 0 spiro atoms. The molecule has 0 unspecified atom stereocenters. The zero-order valence-corrected chi connectivity index (χ0v) is 7.64. The zero-order chi connectivity index (χ0) is 4.99. The largest absolute Gasteiger partial charge is 0.103 e. The first kappa shape index (κ1) is 7.20. The molecule has 0 aliphatic heterocycles. The van der Waals surface area contributed by atoms with Crippen LogP contribution in [0.1, 0.15) is 6.42 Å². The number of alkyl halides is 2. The summed E-state index contributed by atoms with van der Waals surface area (Å²) in [6, 6.07) is 0. The lowest BCUT2D eigenvalue weighted by molar-refractivity contribution is 1.25. The molecule has 0 bridgehead atoms. The van der Waals surface area contributed by atoms with Crippen LogP contribution in [0.15, 0.2) is 12.7 Å². The number of halogens is 2. The third kappa shape index (κ3) is 5.20. The van der Waals surface area contributed by atoms with Gasteiger partial charge in [0.15, 0.2) is 0 Å². The molecule has 0 aromatic heterocycles. The maximum Gasteiger partial charge on any atom is 0.0660 e. The van der Waals surface area contributed by atoms with E-state index in [1.807, 2.05) is 6.08 Å². The van der Waals surface area contributed by atoms with Crippen LogP contribution >= 0.6 is 45.2 Å². The molecule has 0 rings (SSSR count). The van der Waals surface area contributed by atoms with Crippen molar-refractivity contribution in [1.29, 1.82) is 0 Å². The number of hydrogen-bond donors (Lipinski definition) is 0. The molecule has 0 heterocycles. The normalized spacial score (nSPS) is 9.17. The number of rotatable bonds is 2. The van der Waals surface area contributed by atoms with Crippen molar-refractivity contribution < 1.29 is 0 Å². The van der Waals surface area contributed by atoms with Gasteiger partial charge in [-0.25, -0.2) is 0 Å². The minimum Gasteiger partial charge on any atom is -0.103 e. The molecule has 36 valence electrons. The highest BCUT2D eigenvalue weighted by Crippen LogP contribution is 2.13. The average molecular weight is 308 g/mol. The molecule has 0 aliphatic rings. The van der Waals surface area contributed by atoms with Gasteiger partial charge in [-0.05, 0) is 6.42 Å². The first-order valence-corrected chi connectivity index (χ1v) is 4.15. The van der Waals surface area contributed by atoms with Crippen molar-refractivity contribution in [2.24, 2.45) is 0 Å². The van der Waals surface area contributed by atoms with Crippen LogP contribution in [-0.4, -0.2) is 1.93 Å². The van der Waals surface area contributed by atoms with Gasteiger partial charge < -0.3 is 0 Å². The van der Waals surface area contributed by atoms with Gasteiger partial charge in [-0.15, -0.1) is 6.58 Å². The van der Waals surface area contributed by atoms with Crippen molar-refractivity contribution in [1.82, 2.24) is 0 Å². The van der Waals surface area contributed by atoms with Crippen molar-refractivity contribution in [3.63, 3.8) is 0 Å². The predicted molar refractivity (Wildman–Crippen MR) is 46.6 cm³/mol. The maximum absolute atomic E-state index is 3.59. The third-order valence-corrected chi connectivity index (χ3v) is 1.36. The van der Waals surface area contributed by atoms with Gasteiger partial charge in [0.25, 0.3) is 0 Å². The van der Waals surface area contributed by atoms with Crippen molar-refractivity contribution in [2.45, 2.75) is 8.35 Å². The van der Waals surface area contributed by atoms with E-state index in [2.05, 4.69) is 51.8 Å². The Morgan fingerprint density at radius 2 is 2.17 bits per heavy atom. The molecular weight excluding hydrogens is 302 g/mol. The SMILES string of the molecule is C=CCC(I)I. The third-order valence-electron chi connectivity index (χ3n) is 0.345. The molecule has 0 saturated carbocycles. The van der Waals surface area contributed by atoms with Gasteiger partial charge >= 0.3 is 0 Å². The standard InChI is InChI=1S/C4H6I2/c1-2-3-4(5)6/h2,4H,1,3H2. The summed E-state index contributed by atoms with van der Waals surface area (Å²) in [5.74, 6) is 0. The fourth-order valence-corrected chi connectivity index (χ4v) is 0.845. The second-order valence-corrected chi connectivity index (χ2v) is 6.31.